The first kappa shape index (κ1) is 8.89. The number of methoxy groups -OCH3 is 1. The van der Waals surface area contributed by atoms with Crippen molar-refractivity contribution < 1.29 is 4.74 Å². The SMILES string of the molecule is COc1ccccc1C(Cl)C#N. The summed E-state index contributed by atoms with van der Waals surface area (Å²) in [5, 5.41) is 7.93. The normalized spacial score (nSPS) is 11.8. The lowest BCUT2D eigenvalue weighted by molar-refractivity contribution is 0.410. The zero-order chi connectivity index (χ0) is 8.97. The van der Waals surface area contributed by atoms with Gasteiger partial charge in [-0.15, -0.1) is 11.6 Å². The lowest BCUT2D eigenvalue weighted by atomic mass is 10.1. The van der Waals surface area contributed by atoms with Crippen LogP contribution in [-0.2, 0) is 0 Å². The van der Waals surface area contributed by atoms with Crippen LogP contribution in [0.1, 0.15) is 10.9 Å². The average molecular weight is 182 g/mol. The summed E-state index contributed by atoms with van der Waals surface area (Å²) in [6.07, 6.45) is 0. The zero-order valence-electron chi connectivity index (χ0n) is 6.62. The Morgan fingerprint density at radius 3 is 2.75 bits per heavy atom. The quantitative estimate of drug-likeness (QED) is 0.657. The highest BCUT2D eigenvalue weighted by atomic mass is 35.5. The van der Waals surface area contributed by atoms with Gasteiger partial charge in [-0.25, -0.2) is 0 Å². The molecular formula is C9H8ClNO. The number of hydrogen-bond acceptors (Lipinski definition) is 2. The molecule has 12 heavy (non-hydrogen) atoms. The van der Waals surface area contributed by atoms with Crippen molar-refractivity contribution in [3.63, 3.8) is 0 Å². The molecule has 0 heterocycles. The predicted molar refractivity (Wildman–Crippen MR) is 47.2 cm³/mol. The Balaban J connectivity index is 3.06. The van der Waals surface area contributed by atoms with Crippen molar-refractivity contribution in [2.45, 2.75) is 5.38 Å². The van der Waals surface area contributed by atoms with Gasteiger partial charge in [-0.05, 0) is 6.07 Å². The molecule has 0 bridgehead atoms. The standard InChI is InChI=1S/C9H8ClNO/c1-12-9-5-3-2-4-7(9)8(10)6-11/h2-5,8H,1H3. The van der Waals surface area contributed by atoms with E-state index in [2.05, 4.69) is 0 Å². The largest absolute Gasteiger partial charge is 0.496 e. The van der Waals surface area contributed by atoms with Crippen LogP contribution in [0.15, 0.2) is 24.3 Å². The molecule has 0 aliphatic rings. The van der Waals surface area contributed by atoms with Crippen molar-refractivity contribution in [1.29, 1.82) is 5.26 Å². The fraction of sp³-hybridized carbons (Fsp3) is 0.222. The van der Waals surface area contributed by atoms with E-state index in [1.165, 1.54) is 0 Å². The van der Waals surface area contributed by atoms with Gasteiger partial charge in [0.25, 0.3) is 0 Å². The number of benzene rings is 1. The van der Waals surface area contributed by atoms with E-state index in [1.807, 2.05) is 18.2 Å². The van der Waals surface area contributed by atoms with Crippen molar-refractivity contribution in [2.24, 2.45) is 0 Å². The van der Waals surface area contributed by atoms with Gasteiger partial charge in [0.15, 0.2) is 0 Å². The topological polar surface area (TPSA) is 33.0 Å². The van der Waals surface area contributed by atoms with Gasteiger partial charge in [0.2, 0.25) is 0 Å². The molecule has 0 aliphatic carbocycles. The number of para-hydroxylation sites is 1. The Morgan fingerprint density at radius 1 is 1.50 bits per heavy atom. The molecule has 0 aliphatic heterocycles. The van der Waals surface area contributed by atoms with Crippen molar-refractivity contribution in [1.82, 2.24) is 0 Å². The number of nitrogens with zero attached hydrogens (tertiary/aromatic N) is 1. The molecule has 1 unspecified atom stereocenters. The molecule has 0 fully saturated rings. The minimum Gasteiger partial charge on any atom is -0.496 e. The monoisotopic (exact) mass is 181 g/mol. The molecule has 3 heteroatoms. The predicted octanol–water partition coefficient (Wildman–Crippen LogP) is 2.50. The van der Waals surface area contributed by atoms with E-state index in [4.69, 9.17) is 21.6 Å². The van der Waals surface area contributed by atoms with Crippen LogP contribution in [0, 0.1) is 11.3 Å². The summed E-state index contributed by atoms with van der Waals surface area (Å²) in [5.41, 5.74) is 0.712. The van der Waals surface area contributed by atoms with Gasteiger partial charge in [0, 0.05) is 5.56 Å². The second-order valence-corrected chi connectivity index (χ2v) is 2.67. The van der Waals surface area contributed by atoms with Crippen molar-refractivity contribution in [3.05, 3.63) is 29.8 Å². The van der Waals surface area contributed by atoms with Gasteiger partial charge in [-0.1, -0.05) is 18.2 Å². The van der Waals surface area contributed by atoms with Crippen LogP contribution in [0.25, 0.3) is 0 Å². The number of alkyl halides is 1. The van der Waals surface area contributed by atoms with Gasteiger partial charge < -0.3 is 4.74 Å². The summed E-state index contributed by atoms with van der Waals surface area (Å²) in [7, 11) is 1.56. The van der Waals surface area contributed by atoms with Gasteiger partial charge in [0.1, 0.15) is 11.1 Å². The van der Waals surface area contributed by atoms with E-state index in [9.17, 15) is 0 Å². The van der Waals surface area contributed by atoms with E-state index in [0.717, 1.165) is 0 Å². The third kappa shape index (κ3) is 1.69. The maximum absolute atomic E-state index is 8.57. The van der Waals surface area contributed by atoms with Gasteiger partial charge >= 0.3 is 0 Å². The van der Waals surface area contributed by atoms with Gasteiger partial charge in [-0.2, -0.15) is 5.26 Å². The fourth-order valence-corrected chi connectivity index (χ4v) is 1.13. The van der Waals surface area contributed by atoms with Crippen LogP contribution in [0.2, 0.25) is 0 Å². The zero-order valence-corrected chi connectivity index (χ0v) is 7.38. The highest BCUT2D eigenvalue weighted by Crippen LogP contribution is 2.28. The molecule has 0 saturated heterocycles. The smallest absolute Gasteiger partial charge is 0.149 e. The molecule has 1 aromatic rings. The Kier molecular flexibility index (Phi) is 2.95. The van der Waals surface area contributed by atoms with Crippen LogP contribution in [-0.4, -0.2) is 7.11 Å². The van der Waals surface area contributed by atoms with Gasteiger partial charge in [-0.3, -0.25) is 0 Å². The molecule has 1 atom stereocenters. The molecule has 1 rings (SSSR count). The Hall–Kier alpha value is -1.20. The summed E-state index contributed by atoms with van der Waals surface area (Å²) >= 11 is 5.73. The summed E-state index contributed by atoms with van der Waals surface area (Å²) in [6.45, 7) is 0. The summed E-state index contributed by atoms with van der Waals surface area (Å²) in [4.78, 5) is 0. The molecule has 62 valence electrons. The second-order valence-electron chi connectivity index (χ2n) is 2.23. The Labute approximate surface area is 76.3 Å². The van der Waals surface area contributed by atoms with E-state index >= 15 is 0 Å². The molecule has 0 radical (unpaired) electrons. The number of nitriles is 1. The maximum Gasteiger partial charge on any atom is 0.149 e. The lowest BCUT2D eigenvalue weighted by Gasteiger charge is -2.06. The fourth-order valence-electron chi connectivity index (χ4n) is 0.945. The van der Waals surface area contributed by atoms with E-state index < -0.39 is 5.38 Å². The van der Waals surface area contributed by atoms with Crippen LogP contribution in [0.3, 0.4) is 0 Å². The Bertz CT molecular complexity index is 306. The number of ether oxygens (including phenoxy) is 1. The molecular weight excluding hydrogens is 174 g/mol. The van der Waals surface area contributed by atoms with Crippen LogP contribution < -0.4 is 4.74 Å². The van der Waals surface area contributed by atoms with E-state index in [1.54, 1.807) is 19.2 Å². The molecule has 1 aromatic carbocycles. The number of rotatable bonds is 2. The van der Waals surface area contributed by atoms with E-state index in [0.29, 0.717) is 11.3 Å². The average Bonchev–Trinajstić information content (AvgIpc) is 2.16. The van der Waals surface area contributed by atoms with Crippen LogP contribution in [0.4, 0.5) is 0 Å². The summed E-state index contributed by atoms with van der Waals surface area (Å²) in [6, 6.07) is 9.16. The third-order valence-corrected chi connectivity index (χ3v) is 1.86. The highest BCUT2D eigenvalue weighted by molar-refractivity contribution is 6.22. The van der Waals surface area contributed by atoms with Crippen molar-refractivity contribution in [2.75, 3.05) is 7.11 Å². The number of hydrogen-bond donors (Lipinski definition) is 0. The third-order valence-electron chi connectivity index (χ3n) is 1.53. The highest BCUT2D eigenvalue weighted by Gasteiger charge is 2.10. The molecule has 2 nitrogen and oxygen atoms in total. The Morgan fingerprint density at radius 2 is 2.17 bits per heavy atom. The maximum atomic E-state index is 8.57. The van der Waals surface area contributed by atoms with E-state index in [-0.39, 0.29) is 0 Å². The molecule has 0 N–H and O–H groups in total. The van der Waals surface area contributed by atoms with Gasteiger partial charge in [0.05, 0.1) is 13.2 Å². The summed E-state index contributed by atoms with van der Waals surface area (Å²) in [5.74, 6) is 0.652. The minimum atomic E-state index is -0.638. The van der Waals surface area contributed by atoms with Crippen molar-refractivity contribution in [3.8, 4) is 11.8 Å². The molecule has 0 aromatic heterocycles. The first-order valence-corrected chi connectivity index (χ1v) is 3.90. The molecule has 0 amide bonds. The van der Waals surface area contributed by atoms with Crippen LogP contribution >= 0.6 is 11.6 Å². The molecule has 0 spiro atoms. The van der Waals surface area contributed by atoms with Crippen LogP contribution in [0.5, 0.6) is 5.75 Å². The lowest BCUT2D eigenvalue weighted by Crippen LogP contribution is -1.92. The second kappa shape index (κ2) is 3.99. The van der Waals surface area contributed by atoms with Crippen molar-refractivity contribution >= 4 is 11.6 Å². The summed E-state index contributed by atoms with van der Waals surface area (Å²) < 4.78 is 5.03. The molecule has 0 saturated carbocycles. The first-order chi connectivity index (χ1) is 5.79. The number of halogens is 1. The first-order valence-electron chi connectivity index (χ1n) is 3.46. The minimum absolute atomic E-state index is 0.638.